The zero-order valence-corrected chi connectivity index (χ0v) is 10.4. The topological polar surface area (TPSA) is 12.0 Å². The van der Waals surface area contributed by atoms with Crippen molar-refractivity contribution in [2.45, 2.75) is 58.4 Å². The molecule has 82 valence electrons. The van der Waals surface area contributed by atoms with E-state index in [9.17, 15) is 0 Å². The lowest BCUT2D eigenvalue weighted by Gasteiger charge is -2.16. The van der Waals surface area contributed by atoms with E-state index in [1.54, 1.807) is 0 Å². The maximum Gasteiger partial charge on any atom is 0.0715 e. The van der Waals surface area contributed by atoms with Crippen molar-refractivity contribution >= 4 is 24.0 Å². The van der Waals surface area contributed by atoms with Crippen LogP contribution in [-0.4, -0.2) is 12.0 Å². The number of nitrogens with one attached hydrogen (secondary N) is 1. The smallest absolute Gasteiger partial charge is 0.0715 e. The summed E-state index contributed by atoms with van der Waals surface area (Å²) in [4.78, 5) is 0. The number of alkyl halides is 1. The summed E-state index contributed by atoms with van der Waals surface area (Å²) in [6, 6.07) is 1.25. The Morgan fingerprint density at radius 2 is 1.54 bits per heavy atom. The summed E-state index contributed by atoms with van der Waals surface area (Å²) in [6.07, 6.45) is 7.77. The van der Waals surface area contributed by atoms with Gasteiger partial charge in [0, 0.05) is 6.04 Å². The molecular formula is C10H23Cl2N. The van der Waals surface area contributed by atoms with E-state index in [0.717, 1.165) is 0 Å². The molecule has 0 saturated carbocycles. The number of rotatable bonds is 8. The summed E-state index contributed by atoms with van der Waals surface area (Å²) in [6.45, 7) is 4.47. The van der Waals surface area contributed by atoms with Crippen LogP contribution in [0, 0.1) is 0 Å². The average molecular weight is 228 g/mol. The molecule has 0 aromatic rings. The van der Waals surface area contributed by atoms with Crippen LogP contribution in [0.5, 0.6) is 0 Å². The van der Waals surface area contributed by atoms with Crippen LogP contribution in [0.25, 0.3) is 0 Å². The molecule has 0 bridgehead atoms. The first-order chi connectivity index (χ1) is 5.85. The molecule has 0 aliphatic heterocycles. The largest absolute Gasteiger partial charge is 0.301 e. The fraction of sp³-hybridized carbons (Fsp3) is 1.00. The van der Waals surface area contributed by atoms with E-state index in [-0.39, 0.29) is 12.4 Å². The van der Waals surface area contributed by atoms with Gasteiger partial charge in [-0.3, -0.25) is 0 Å². The van der Waals surface area contributed by atoms with Gasteiger partial charge in [0.1, 0.15) is 0 Å². The van der Waals surface area contributed by atoms with Crippen molar-refractivity contribution in [3.8, 4) is 0 Å². The normalized spacial score (nSPS) is 10.2. The van der Waals surface area contributed by atoms with Gasteiger partial charge in [-0.25, -0.2) is 0 Å². The van der Waals surface area contributed by atoms with Gasteiger partial charge < -0.3 is 5.32 Å². The van der Waals surface area contributed by atoms with Crippen LogP contribution in [-0.2, 0) is 0 Å². The highest BCUT2D eigenvalue weighted by atomic mass is 35.5. The minimum Gasteiger partial charge on any atom is -0.301 e. The Kier molecular flexibility index (Phi) is 15.4. The lowest BCUT2D eigenvalue weighted by molar-refractivity contribution is 0.450. The monoisotopic (exact) mass is 227 g/mol. The molecule has 0 aromatic carbocycles. The minimum absolute atomic E-state index is 0. The number of halogens is 2. The number of hydrogen-bond donors (Lipinski definition) is 1. The first-order valence-corrected chi connectivity index (χ1v) is 5.67. The summed E-state index contributed by atoms with van der Waals surface area (Å²) >= 11 is 5.64. The Bertz CT molecular complexity index is 81.0. The third-order valence-electron chi connectivity index (χ3n) is 2.18. The molecule has 0 saturated heterocycles. The van der Waals surface area contributed by atoms with E-state index in [0.29, 0.717) is 12.0 Å². The predicted octanol–water partition coefficient (Wildman–Crippen LogP) is 3.94. The maximum absolute atomic E-state index is 5.64. The molecule has 0 radical (unpaired) electrons. The molecule has 0 amide bonds. The third-order valence-corrected chi connectivity index (χ3v) is 2.33. The van der Waals surface area contributed by atoms with Crippen LogP contribution in [0.1, 0.15) is 52.4 Å². The second kappa shape index (κ2) is 12.5. The average Bonchev–Trinajstić information content (AvgIpc) is 2.10. The number of unbranched alkanes of at least 4 members (excludes halogenated alkanes) is 2. The van der Waals surface area contributed by atoms with Gasteiger partial charge in [-0.05, 0) is 12.8 Å². The molecule has 0 aliphatic carbocycles. The molecule has 0 fully saturated rings. The van der Waals surface area contributed by atoms with Crippen molar-refractivity contribution in [3.63, 3.8) is 0 Å². The molecule has 0 aromatic heterocycles. The van der Waals surface area contributed by atoms with Crippen LogP contribution in [0.4, 0.5) is 0 Å². The van der Waals surface area contributed by atoms with Gasteiger partial charge >= 0.3 is 0 Å². The van der Waals surface area contributed by atoms with Gasteiger partial charge in [0.15, 0.2) is 0 Å². The van der Waals surface area contributed by atoms with Crippen molar-refractivity contribution < 1.29 is 0 Å². The fourth-order valence-corrected chi connectivity index (χ4v) is 1.58. The van der Waals surface area contributed by atoms with E-state index >= 15 is 0 Å². The summed E-state index contributed by atoms with van der Waals surface area (Å²) < 4.78 is 0. The summed E-state index contributed by atoms with van der Waals surface area (Å²) in [5.41, 5.74) is 0. The van der Waals surface area contributed by atoms with Crippen LogP contribution >= 0.6 is 24.0 Å². The highest BCUT2D eigenvalue weighted by Gasteiger charge is 2.04. The van der Waals surface area contributed by atoms with Gasteiger partial charge in [-0.1, -0.05) is 39.5 Å². The summed E-state index contributed by atoms with van der Waals surface area (Å²) in [5, 5.41) is 3.32. The quantitative estimate of drug-likeness (QED) is 0.490. The highest BCUT2D eigenvalue weighted by Crippen LogP contribution is 2.08. The van der Waals surface area contributed by atoms with Crippen LogP contribution in [0.2, 0.25) is 0 Å². The zero-order chi connectivity index (χ0) is 9.23. The first-order valence-electron chi connectivity index (χ1n) is 5.14. The lowest BCUT2D eigenvalue weighted by Crippen LogP contribution is -2.27. The molecule has 13 heavy (non-hydrogen) atoms. The standard InChI is InChI=1S/C10H22ClN.ClH/c1-3-5-7-10(12-9-11)8-6-4-2;/h10,12H,3-9H2,1-2H3;1H. The zero-order valence-electron chi connectivity index (χ0n) is 8.81. The van der Waals surface area contributed by atoms with Crippen LogP contribution < -0.4 is 5.32 Å². The summed E-state index contributed by atoms with van der Waals surface area (Å²) in [5.74, 6) is 0. The number of hydrogen-bond acceptors (Lipinski definition) is 1. The second-order valence-corrected chi connectivity index (χ2v) is 3.59. The molecule has 0 unspecified atom stereocenters. The van der Waals surface area contributed by atoms with Gasteiger partial charge in [-0.2, -0.15) is 0 Å². The molecule has 0 spiro atoms. The Hall–Kier alpha value is 0.540. The van der Waals surface area contributed by atoms with Crippen molar-refractivity contribution in [2.75, 3.05) is 6.00 Å². The Morgan fingerprint density at radius 3 is 1.85 bits per heavy atom. The molecule has 1 nitrogen and oxygen atoms in total. The second-order valence-electron chi connectivity index (χ2n) is 3.32. The van der Waals surface area contributed by atoms with Crippen LogP contribution in [0.15, 0.2) is 0 Å². The van der Waals surface area contributed by atoms with Crippen molar-refractivity contribution in [2.24, 2.45) is 0 Å². The fourth-order valence-electron chi connectivity index (χ4n) is 1.36. The SMILES string of the molecule is CCCCC(CCCC)NCCl.Cl. The van der Waals surface area contributed by atoms with Crippen molar-refractivity contribution in [1.29, 1.82) is 0 Å². The lowest BCUT2D eigenvalue weighted by atomic mass is 10.0. The molecule has 0 rings (SSSR count). The Balaban J connectivity index is 0. The maximum atomic E-state index is 5.64. The molecule has 0 heterocycles. The molecule has 0 atom stereocenters. The van der Waals surface area contributed by atoms with E-state index in [1.807, 2.05) is 0 Å². The molecular weight excluding hydrogens is 205 g/mol. The highest BCUT2D eigenvalue weighted by molar-refractivity contribution is 6.17. The van der Waals surface area contributed by atoms with E-state index < -0.39 is 0 Å². The van der Waals surface area contributed by atoms with Crippen molar-refractivity contribution in [1.82, 2.24) is 5.32 Å². The van der Waals surface area contributed by atoms with Crippen molar-refractivity contribution in [3.05, 3.63) is 0 Å². The predicted molar refractivity (Wildman–Crippen MR) is 63.9 cm³/mol. The van der Waals surface area contributed by atoms with E-state index in [1.165, 1.54) is 38.5 Å². The van der Waals surface area contributed by atoms with Gasteiger partial charge in [0.05, 0.1) is 6.00 Å². The van der Waals surface area contributed by atoms with Crippen LogP contribution in [0.3, 0.4) is 0 Å². The third kappa shape index (κ3) is 10.5. The first kappa shape index (κ1) is 16.0. The summed E-state index contributed by atoms with van der Waals surface area (Å²) in [7, 11) is 0. The van der Waals surface area contributed by atoms with Gasteiger partial charge in [-0.15, -0.1) is 24.0 Å². The Labute approximate surface area is 94.0 Å². The van der Waals surface area contributed by atoms with Gasteiger partial charge in [0.25, 0.3) is 0 Å². The van der Waals surface area contributed by atoms with E-state index in [4.69, 9.17) is 11.6 Å². The molecule has 0 aliphatic rings. The molecule has 3 heteroatoms. The van der Waals surface area contributed by atoms with Gasteiger partial charge in [0.2, 0.25) is 0 Å². The van der Waals surface area contributed by atoms with E-state index in [2.05, 4.69) is 19.2 Å². The minimum atomic E-state index is 0. The molecule has 1 N–H and O–H groups in total. The Morgan fingerprint density at radius 1 is 1.08 bits per heavy atom.